The predicted octanol–water partition coefficient (Wildman–Crippen LogP) is 4.13. The molecule has 2 nitrogen and oxygen atoms in total. The van der Waals surface area contributed by atoms with Gasteiger partial charge in [-0.2, -0.15) is 0 Å². The van der Waals surface area contributed by atoms with E-state index in [1.165, 1.54) is 17.5 Å². The van der Waals surface area contributed by atoms with Gasteiger partial charge in [-0.25, -0.2) is 0 Å². The molecule has 0 aromatic heterocycles. The maximum absolute atomic E-state index is 5.97. The van der Waals surface area contributed by atoms with Gasteiger partial charge in [-0.1, -0.05) is 29.8 Å². The second-order valence-electron chi connectivity index (χ2n) is 5.16. The van der Waals surface area contributed by atoms with Gasteiger partial charge in [0, 0.05) is 11.1 Å². The normalized spacial score (nSPS) is 17.0. The topological polar surface area (TPSA) is 21.3 Å². The number of halogens is 1. The zero-order valence-electron chi connectivity index (χ0n) is 11.5. The van der Waals surface area contributed by atoms with Crippen molar-refractivity contribution in [1.82, 2.24) is 5.32 Å². The predicted molar refractivity (Wildman–Crippen MR) is 82.3 cm³/mol. The number of hydrogen-bond acceptors (Lipinski definition) is 2. The second-order valence-corrected chi connectivity index (χ2v) is 5.60. The first-order valence-corrected chi connectivity index (χ1v) is 7.31. The summed E-state index contributed by atoms with van der Waals surface area (Å²) in [5.74, 6) is 0.931. The summed E-state index contributed by atoms with van der Waals surface area (Å²) < 4.78 is 5.86. The summed E-state index contributed by atoms with van der Waals surface area (Å²) >= 11 is 5.97. The van der Waals surface area contributed by atoms with E-state index in [4.69, 9.17) is 16.3 Å². The minimum Gasteiger partial charge on any atom is -0.489 e. The van der Waals surface area contributed by atoms with Crippen molar-refractivity contribution < 1.29 is 4.74 Å². The van der Waals surface area contributed by atoms with E-state index >= 15 is 0 Å². The zero-order valence-corrected chi connectivity index (χ0v) is 12.3. The summed E-state index contributed by atoms with van der Waals surface area (Å²) in [7, 11) is 2.02. The van der Waals surface area contributed by atoms with Crippen LogP contribution >= 0.6 is 11.6 Å². The molecule has 0 heterocycles. The van der Waals surface area contributed by atoms with Gasteiger partial charge in [0.2, 0.25) is 0 Å². The monoisotopic (exact) mass is 287 g/mol. The van der Waals surface area contributed by atoms with Crippen molar-refractivity contribution in [2.75, 3.05) is 7.05 Å². The molecule has 20 heavy (non-hydrogen) atoms. The number of aryl methyl sites for hydroxylation is 1. The van der Waals surface area contributed by atoms with E-state index in [0.29, 0.717) is 12.6 Å². The van der Waals surface area contributed by atoms with Crippen LogP contribution in [0.4, 0.5) is 0 Å². The van der Waals surface area contributed by atoms with E-state index in [2.05, 4.69) is 23.5 Å². The van der Waals surface area contributed by atoms with E-state index < -0.39 is 0 Å². The summed E-state index contributed by atoms with van der Waals surface area (Å²) in [6.45, 7) is 0.550. The molecule has 104 valence electrons. The van der Waals surface area contributed by atoms with Gasteiger partial charge in [-0.3, -0.25) is 0 Å². The van der Waals surface area contributed by atoms with Crippen LogP contribution in [0.5, 0.6) is 5.75 Å². The van der Waals surface area contributed by atoms with Gasteiger partial charge in [0.25, 0.3) is 0 Å². The Kier molecular flexibility index (Phi) is 3.95. The van der Waals surface area contributed by atoms with Crippen LogP contribution in [0, 0.1) is 0 Å². The van der Waals surface area contributed by atoms with Crippen molar-refractivity contribution in [3.63, 3.8) is 0 Å². The fourth-order valence-electron chi connectivity index (χ4n) is 2.78. The smallest absolute Gasteiger partial charge is 0.120 e. The molecule has 0 radical (unpaired) electrons. The van der Waals surface area contributed by atoms with Crippen molar-refractivity contribution in [3.05, 3.63) is 64.2 Å². The molecule has 0 aliphatic heterocycles. The Balaban J connectivity index is 1.70. The molecule has 0 saturated carbocycles. The molecule has 0 fully saturated rings. The number of hydrogen-bond donors (Lipinski definition) is 1. The standard InChI is InChI=1S/C17H18ClNO/c1-19-17-8-5-13-10-15(6-7-16(13)17)20-11-12-3-2-4-14(18)9-12/h2-4,6-7,9-10,17,19H,5,8,11H2,1H3. The van der Waals surface area contributed by atoms with Crippen LogP contribution in [-0.4, -0.2) is 7.05 Å². The average molecular weight is 288 g/mol. The van der Waals surface area contributed by atoms with Gasteiger partial charge in [0.1, 0.15) is 12.4 Å². The molecular formula is C17H18ClNO. The highest BCUT2D eigenvalue weighted by Gasteiger charge is 2.20. The van der Waals surface area contributed by atoms with Gasteiger partial charge in [0.05, 0.1) is 0 Å². The van der Waals surface area contributed by atoms with Crippen molar-refractivity contribution in [1.29, 1.82) is 0 Å². The third kappa shape index (κ3) is 2.82. The van der Waals surface area contributed by atoms with Crippen LogP contribution in [0.15, 0.2) is 42.5 Å². The Morgan fingerprint density at radius 1 is 1.25 bits per heavy atom. The molecule has 1 aliphatic rings. The van der Waals surface area contributed by atoms with Crippen LogP contribution in [0.1, 0.15) is 29.2 Å². The maximum atomic E-state index is 5.97. The second kappa shape index (κ2) is 5.86. The van der Waals surface area contributed by atoms with Gasteiger partial charge in [-0.05, 0) is 60.8 Å². The average Bonchev–Trinajstić information content (AvgIpc) is 2.87. The molecule has 3 heteroatoms. The summed E-state index contributed by atoms with van der Waals surface area (Å²) in [6, 6.07) is 14.7. The van der Waals surface area contributed by atoms with E-state index in [1.54, 1.807) is 0 Å². The zero-order chi connectivity index (χ0) is 13.9. The molecule has 0 bridgehead atoms. The first kappa shape index (κ1) is 13.5. The van der Waals surface area contributed by atoms with E-state index in [9.17, 15) is 0 Å². The molecule has 0 spiro atoms. The lowest BCUT2D eigenvalue weighted by molar-refractivity contribution is 0.306. The third-order valence-corrected chi connectivity index (χ3v) is 4.07. The van der Waals surface area contributed by atoms with Crippen LogP contribution in [-0.2, 0) is 13.0 Å². The Morgan fingerprint density at radius 3 is 2.95 bits per heavy atom. The Bertz CT molecular complexity index is 612. The van der Waals surface area contributed by atoms with Crippen LogP contribution in [0.3, 0.4) is 0 Å². The van der Waals surface area contributed by atoms with Crippen LogP contribution in [0.2, 0.25) is 5.02 Å². The summed E-state index contributed by atoms with van der Waals surface area (Å²) in [5, 5.41) is 4.10. The molecule has 3 rings (SSSR count). The van der Waals surface area contributed by atoms with E-state index in [-0.39, 0.29) is 0 Å². The number of rotatable bonds is 4. The van der Waals surface area contributed by atoms with Crippen LogP contribution < -0.4 is 10.1 Å². The quantitative estimate of drug-likeness (QED) is 0.913. The van der Waals surface area contributed by atoms with Crippen molar-refractivity contribution in [2.45, 2.75) is 25.5 Å². The van der Waals surface area contributed by atoms with Gasteiger partial charge >= 0.3 is 0 Å². The molecule has 1 aliphatic carbocycles. The van der Waals surface area contributed by atoms with E-state index in [0.717, 1.165) is 22.8 Å². The molecule has 1 atom stereocenters. The molecular weight excluding hydrogens is 270 g/mol. The minimum absolute atomic E-state index is 0.493. The Hall–Kier alpha value is -1.51. The molecule has 0 saturated heterocycles. The third-order valence-electron chi connectivity index (χ3n) is 3.84. The Morgan fingerprint density at radius 2 is 2.15 bits per heavy atom. The van der Waals surface area contributed by atoms with Gasteiger partial charge in [-0.15, -0.1) is 0 Å². The lowest BCUT2D eigenvalue weighted by atomic mass is 10.1. The van der Waals surface area contributed by atoms with E-state index in [1.807, 2.05) is 31.3 Å². The molecule has 1 unspecified atom stereocenters. The largest absolute Gasteiger partial charge is 0.489 e. The first-order chi connectivity index (χ1) is 9.76. The number of ether oxygens (including phenoxy) is 1. The van der Waals surface area contributed by atoms with Crippen LogP contribution in [0.25, 0.3) is 0 Å². The SMILES string of the molecule is CNC1CCc2cc(OCc3cccc(Cl)c3)ccc21. The highest BCUT2D eigenvalue weighted by molar-refractivity contribution is 6.30. The van der Waals surface area contributed by atoms with Gasteiger partial charge in [0.15, 0.2) is 0 Å². The fourth-order valence-corrected chi connectivity index (χ4v) is 2.99. The first-order valence-electron chi connectivity index (χ1n) is 6.93. The molecule has 2 aromatic carbocycles. The summed E-state index contributed by atoms with van der Waals surface area (Å²) in [6.07, 6.45) is 2.29. The number of nitrogens with one attached hydrogen (secondary N) is 1. The lowest BCUT2D eigenvalue weighted by Gasteiger charge is -2.11. The van der Waals surface area contributed by atoms with Gasteiger partial charge < -0.3 is 10.1 Å². The van der Waals surface area contributed by atoms with Crippen molar-refractivity contribution >= 4 is 11.6 Å². The van der Waals surface area contributed by atoms with Crippen molar-refractivity contribution in [3.8, 4) is 5.75 Å². The fraction of sp³-hybridized carbons (Fsp3) is 0.294. The molecule has 2 aromatic rings. The van der Waals surface area contributed by atoms with Crippen molar-refractivity contribution in [2.24, 2.45) is 0 Å². The minimum atomic E-state index is 0.493. The number of benzene rings is 2. The summed E-state index contributed by atoms with van der Waals surface area (Å²) in [5.41, 5.74) is 3.89. The summed E-state index contributed by atoms with van der Waals surface area (Å²) in [4.78, 5) is 0. The maximum Gasteiger partial charge on any atom is 0.120 e. The number of fused-ring (bicyclic) bond motifs is 1. The lowest BCUT2D eigenvalue weighted by Crippen LogP contribution is -2.12. The highest BCUT2D eigenvalue weighted by atomic mass is 35.5. The molecule has 0 amide bonds. The Labute approximate surface area is 124 Å². The molecule has 1 N–H and O–H groups in total. The highest BCUT2D eigenvalue weighted by Crippen LogP contribution is 2.33.